The second-order valence-electron chi connectivity index (χ2n) is 7.07. The van der Waals surface area contributed by atoms with E-state index in [-0.39, 0.29) is 11.9 Å². The van der Waals surface area contributed by atoms with E-state index in [2.05, 4.69) is 13.8 Å². The van der Waals surface area contributed by atoms with Crippen molar-refractivity contribution in [1.82, 2.24) is 0 Å². The highest BCUT2D eigenvalue weighted by molar-refractivity contribution is 7.99. The number of hydrogen-bond donors (Lipinski definition) is 0. The topological polar surface area (TPSA) is 52.6 Å². The summed E-state index contributed by atoms with van der Waals surface area (Å²) in [5.41, 5.74) is 0. The molecule has 1 rings (SSSR count). The highest BCUT2D eigenvalue weighted by Gasteiger charge is 2.06. The second kappa shape index (κ2) is 15.6. The Kier molecular flexibility index (Phi) is 13.6. The standard InChI is InChI=1S/C22H34O4S/c1-19(2)11-7-4-3-5-10-16-25-21(23)14-17-27-18-15-22(24)26-20-12-8-6-9-13-20/h6,8-9,12-13,19H,3-5,7,10-11,14-18H2,1-2H3. The predicted octanol–water partition coefficient (Wildman–Crippen LogP) is 5.65. The molecule has 0 aliphatic carbocycles. The summed E-state index contributed by atoms with van der Waals surface area (Å²) < 4.78 is 10.5. The molecule has 0 aromatic heterocycles. The molecule has 1 aromatic carbocycles. The Morgan fingerprint density at radius 3 is 2.22 bits per heavy atom. The summed E-state index contributed by atoms with van der Waals surface area (Å²) in [5.74, 6) is 2.29. The molecule has 27 heavy (non-hydrogen) atoms. The summed E-state index contributed by atoms with van der Waals surface area (Å²) in [6, 6.07) is 9.05. The smallest absolute Gasteiger partial charge is 0.312 e. The largest absolute Gasteiger partial charge is 0.466 e. The number of para-hydroxylation sites is 1. The number of carbonyl (C=O) groups is 2. The lowest BCUT2D eigenvalue weighted by molar-refractivity contribution is -0.143. The average molecular weight is 395 g/mol. The van der Waals surface area contributed by atoms with E-state index >= 15 is 0 Å². The van der Waals surface area contributed by atoms with E-state index in [1.165, 1.54) is 25.7 Å². The van der Waals surface area contributed by atoms with E-state index in [1.54, 1.807) is 23.9 Å². The van der Waals surface area contributed by atoms with Crippen LogP contribution in [0.4, 0.5) is 0 Å². The molecule has 0 bridgehead atoms. The zero-order valence-corrected chi connectivity index (χ0v) is 17.6. The van der Waals surface area contributed by atoms with E-state index in [0.717, 1.165) is 18.8 Å². The summed E-state index contributed by atoms with van der Waals surface area (Å²) in [6.07, 6.45) is 7.91. The monoisotopic (exact) mass is 394 g/mol. The molecular formula is C22H34O4S. The lowest BCUT2D eigenvalue weighted by Crippen LogP contribution is -2.10. The first-order valence-electron chi connectivity index (χ1n) is 10.1. The molecule has 0 unspecified atom stereocenters. The van der Waals surface area contributed by atoms with Gasteiger partial charge in [-0.1, -0.05) is 64.2 Å². The van der Waals surface area contributed by atoms with Gasteiger partial charge in [0.2, 0.25) is 0 Å². The van der Waals surface area contributed by atoms with Gasteiger partial charge in [-0.15, -0.1) is 0 Å². The number of unbranched alkanes of at least 4 members (excludes halogenated alkanes) is 4. The minimum atomic E-state index is -0.246. The summed E-state index contributed by atoms with van der Waals surface area (Å²) in [5, 5.41) is 0. The van der Waals surface area contributed by atoms with Crippen molar-refractivity contribution in [3.63, 3.8) is 0 Å². The van der Waals surface area contributed by atoms with Crippen LogP contribution >= 0.6 is 11.8 Å². The van der Waals surface area contributed by atoms with Crippen LogP contribution in [0.25, 0.3) is 0 Å². The van der Waals surface area contributed by atoms with Crippen LogP contribution in [0.1, 0.15) is 65.2 Å². The van der Waals surface area contributed by atoms with Gasteiger partial charge in [0.25, 0.3) is 0 Å². The van der Waals surface area contributed by atoms with Crippen molar-refractivity contribution in [2.24, 2.45) is 5.92 Å². The van der Waals surface area contributed by atoms with Gasteiger partial charge in [-0.25, -0.2) is 0 Å². The molecule has 0 radical (unpaired) electrons. The molecular weight excluding hydrogens is 360 g/mol. The van der Waals surface area contributed by atoms with Gasteiger partial charge in [0.05, 0.1) is 19.4 Å². The number of esters is 2. The third-order valence-corrected chi connectivity index (χ3v) is 5.05. The van der Waals surface area contributed by atoms with Gasteiger partial charge in [0, 0.05) is 11.5 Å². The summed E-state index contributed by atoms with van der Waals surface area (Å²) >= 11 is 1.57. The van der Waals surface area contributed by atoms with Crippen molar-refractivity contribution < 1.29 is 19.1 Å². The number of carbonyl (C=O) groups excluding carboxylic acids is 2. The Labute approximate surface area is 168 Å². The lowest BCUT2D eigenvalue weighted by atomic mass is 10.0. The fourth-order valence-electron chi connectivity index (χ4n) is 2.53. The van der Waals surface area contributed by atoms with Crippen molar-refractivity contribution in [3.05, 3.63) is 30.3 Å². The Bertz CT molecular complexity index is 516. The number of rotatable bonds is 15. The average Bonchev–Trinajstić information content (AvgIpc) is 2.64. The van der Waals surface area contributed by atoms with Gasteiger partial charge >= 0.3 is 11.9 Å². The van der Waals surface area contributed by atoms with Gasteiger partial charge < -0.3 is 9.47 Å². The van der Waals surface area contributed by atoms with E-state index < -0.39 is 0 Å². The maximum Gasteiger partial charge on any atom is 0.312 e. The number of hydrogen-bond acceptors (Lipinski definition) is 5. The SMILES string of the molecule is CC(C)CCCCCCCOC(=O)CCSCCC(=O)Oc1ccccc1. The molecule has 0 aliphatic heterocycles. The lowest BCUT2D eigenvalue weighted by Gasteiger charge is -2.06. The van der Waals surface area contributed by atoms with Crippen molar-refractivity contribution in [1.29, 1.82) is 0 Å². The third kappa shape index (κ3) is 14.3. The van der Waals surface area contributed by atoms with Crippen LogP contribution in [0.5, 0.6) is 5.75 Å². The Balaban J connectivity index is 1.89. The Morgan fingerprint density at radius 2 is 1.52 bits per heavy atom. The number of benzene rings is 1. The molecule has 4 nitrogen and oxygen atoms in total. The van der Waals surface area contributed by atoms with Crippen LogP contribution in [-0.4, -0.2) is 30.1 Å². The summed E-state index contributed by atoms with van der Waals surface area (Å²) in [6.45, 7) is 5.04. The highest BCUT2D eigenvalue weighted by Crippen LogP contribution is 2.12. The molecule has 0 fully saturated rings. The maximum absolute atomic E-state index is 11.7. The van der Waals surface area contributed by atoms with Crippen molar-refractivity contribution in [2.75, 3.05) is 18.1 Å². The molecule has 0 saturated carbocycles. The fraction of sp³-hybridized carbons (Fsp3) is 0.636. The van der Waals surface area contributed by atoms with Crippen molar-refractivity contribution in [3.8, 4) is 5.75 Å². The molecule has 0 N–H and O–H groups in total. The van der Waals surface area contributed by atoms with E-state index in [9.17, 15) is 9.59 Å². The first-order chi connectivity index (χ1) is 13.1. The van der Waals surface area contributed by atoms with E-state index in [4.69, 9.17) is 9.47 Å². The quantitative estimate of drug-likeness (QED) is 0.219. The first-order valence-corrected chi connectivity index (χ1v) is 11.2. The van der Waals surface area contributed by atoms with E-state index in [0.29, 0.717) is 36.7 Å². The highest BCUT2D eigenvalue weighted by atomic mass is 32.2. The predicted molar refractivity (Wildman–Crippen MR) is 112 cm³/mol. The maximum atomic E-state index is 11.7. The van der Waals surface area contributed by atoms with Gasteiger partial charge in [-0.3, -0.25) is 9.59 Å². The summed E-state index contributed by atoms with van der Waals surface area (Å²) in [4.78, 5) is 23.3. The molecule has 0 amide bonds. The van der Waals surface area contributed by atoms with Crippen LogP contribution < -0.4 is 4.74 Å². The number of thioether (sulfide) groups is 1. The van der Waals surface area contributed by atoms with Gasteiger partial charge in [0.1, 0.15) is 5.75 Å². The van der Waals surface area contributed by atoms with Gasteiger partial charge in [-0.2, -0.15) is 11.8 Å². The van der Waals surface area contributed by atoms with Crippen molar-refractivity contribution >= 4 is 23.7 Å². The van der Waals surface area contributed by atoms with Crippen LogP contribution in [0.2, 0.25) is 0 Å². The summed E-state index contributed by atoms with van der Waals surface area (Å²) in [7, 11) is 0. The molecule has 0 heterocycles. The van der Waals surface area contributed by atoms with Crippen LogP contribution in [0.15, 0.2) is 30.3 Å². The Morgan fingerprint density at radius 1 is 0.889 bits per heavy atom. The molecule has 0 spiro atoms. The minimum absolute atomic E-state index is 0.144. The normalized spacial score (nSPS) is 10.8. The Hall–Kier alpha value is -1.49. The zero-order chi connectivity index (χ0) is 19.7. The van der Waals surface area contributed by atoms with Gasteiger partial charge in [0.15, 0.2) is 0 Å². The molecule has 0 atom stereocenters. The molecule has 0 saturated heterocycles. The van der Waals surface area contributed by atoms with E-state index in [1.807, 2.05) is 18.2 Å². The third-order valence-electron chi connectivity index (χ3n) is 4.06. The molecule has 1 aromatic rings. The van der Waals surface area contributed by atoms with Gasteiger partial charge in [-0.05, 0) is 24.5 Å². The molecule has 5 heteroatoms. The zero-order valence-electron chi connectivity index (χ0n) is 16.8. The molecule has 0 aliphatic rings. The van der Waals surface area contributed by atoms with Crippen LogP contribution in [0, 0.1) is 5.92 Å². The van der Waals surface area contributed by atoms with Crippen molar-refractivity contribution in [2.45, 2.75) is 65.2 Å². The second-order valence-corrected chi connectivity index (χ2v) is 8.29. The number of ether oxygens (including phenoxy) is 2. The minimum Gasteiger partial charge on any atom is -0.466 e. The molecule has 152 valence electrons. The first kappa shape index (κ1) is 23.5. The van der Waals surface area contributed by atoms with Crippen LogP contribution in [-0.2, 0) is 14.3 Å². The van der Waals surface area contributed by atoms with Crippen LogP contribution in [0.3, 0.4) is 0 Å². The fourth-order valence-corrected chi connectivity index (χ4v) is 3.35.